The molecule has 0 saturated carbocycles. The molecule has 0 radical (unpaired) electrons. The van der Waals surface area contributed by atoms with E-state index in [-0.39, 0.29) is 29.5 Å². The monoisotopic (exact) mass is 529 g/mol. The van der Waals surface area contributed by atoms with Crippen LogP contribution in [0.5, 0.6) is 0 Å². The van der Waals surface area contributed by atoms with Gasteiger partial charge in [-0.3, -0.25) is 9.59 Å². The van der Waals surface area contributed by atoms with Crippen molar-refractivity contribution in [3.05, 3.63) is 70.0 Å². The van der Waals surface area contributed by atoms with Gasteiger partial charge < -0.3 is 15.2 Å². The third-order valence-corrected chi connectivity index (χ3v) is 6.96. The lowest BCUT2D eigenvalue weighted by molar-refractivity contribution is -0.113. The van der Waals surface area contributed by atoms with Crippen LogP contribution in [0.2, 0.25) is 0 Å². The minimum Gasteiger partial charge on any atom is -0.342 e. The molecule has 3 rings (SSSR count). The average Bonchev–Trinajstić information content (AvgIpc) is 3.21. The Hall–Kier alpha value is -2.65. The number of hydrogen-bond donors (Lipinski definition) is 2. The Labute approximate surface area is 206 Å². The van der Waals surface area contributed by atoms with E-state index in [2.05, 4.69) is 36.8 Å². The van der Waals surface area contributed by atoms with Gasteiger partial charge in [-0.15, -0.1) is 10.2 Å². The first-order chi connectivity index (χ1) is 15.8. The third kappa shape index (κ3) is 6.45. The fraction of sp³-hybridized carbons (Fsp3) is 0.333. The molecule has 1 atom stereocenters. The molecule has 9 heteroatoms. The van der Waals surface area contributed by atoms with E-state index in [9.17, 15) is 9.59 Å². The highest BCUT2D eigenvalue weighted by atomic mass is 79.9. The molecule has 7 nitrogen and oxygen atoms in total. The predicted molar refractivity (Wildman–Crippen MR) is 135 cm³/mol. The maximum atomic E-state index is 12.7. The molecular formula is C24H28BrN5O2S. The molecule has 1 heterocycles. The fourth-order valence-corrected chi connectivity index (χ4v) is 4.38. The molecular weight excluding hydrogens is 502 g/mol. The van der Waals surface area contributed by atoms with Gasteiger partial charge in [-0.05, 0) is 55.7 Å². The van der Waals surface area contributed by atoms with E-state index in [4.69, 9.17) is 0 Å². The van der Waals surface area contributed by atoms with Crippen molar-refractivity contribution in [2.75, 3.05) is 11.1 Å². The Morgan fingerprint density at radius 3 is 2.48 bits per heavy atom. The molecule has 0 aliphatic heterocycles. The summed E-state index contributed by atoms with van der Waals surface area (Å²) in [7, 11) is 0. The molecule has 0 aliphatic rings. The number of carbonyl (C=O) groups excluding carboxylic acids is 2. The number of rotatable bonds is 9. The lowest BCUT2D eigenvalue weighted by Crippen LogP contribution is -2.33. The van der Waals surface area contributed by atoms with Crippen LogP contribution in [0.1, 0.15) is 48.6 Å². The van der Waals surface area contributed by atoms with E-state index >= 15 is 0 Å². The number of thioether (sulfide) groups is 1. The SMILES string of the molecule is CCn1c(SCC(=O)Nc2ccc(Br)c(C)c2)nnc1[C@H](NC(=O)c1ccccc1)C(C)C. The van der Waals surface area contributed by atoms with Crippen molar-refractivity contribution in [2.45, 2.75) is 45.4 Å². The summed E-state index contributed by atoms with van der Waals surface area (Å²) < 4.78 is 2.95. The van der Waals surface area contributed by atoms with Crippen molar-refractivity contribution < 1.29 is 9.59 Å². The smallest absolute Gasteiger partial charge is 0.251 e. The van der Waals surface area contributed by atoms with Gasteiger partial charge in [-0.2, -0.15) is 0 Å². The van der Waals surface area contributed by atoms with Crippen molar-refractivity contribution >= 4 is 45.2 Å². The zero-order valence-electron chi connectivity index (χ0n) is 19.1. The van der Waals surface area contributed by atoms with Crippen molar-refractivity contribution in [3.8, 4) is 0 Å². The van der Waals surface area contributed by atoms with E-state index in [1.165, 1.54) is 11.8 Å². The Kier molecular flexibility index (Phi) is 8.68. The minimum absolute atomic E-state index is 0.106. The molecule has 33 heavy (non-hydrogen) atoms. The lowest BCUT2D eigenvalue weighted by Gasteiger charge is -2.22. The molecule has 0 saturated heterocycles. The van der Waals surface area contributed by atoms with Crippen molar-refractivity contribution in [2.24, 2.45) is 5.92 Å². The van der Waals surface area contributed by atoms with Crippen molar-refractivity contribution in [3.63, 3.8) is 0 Å². The second-order valence-corrected chi connectivity index (χ2v) is 9.74. The van der Waals surface area contributed by atoms with Crippen molar-refractivity contribution in [1.82, 2.24) is 20.1 Å². The first kappa shape index (κ1) is 25.0. The molecule has 0 aliphatic carbocycles. The van der Waals surface area contributed by atoms with Crippen LogP contribution in [-0.2, 0) is 11.3 Å². The van der Waals surface area contributed by atoms with E-state index in [1.54, 1.807) is 12.1 Å². The maximum Gasteiger partial charge on any atom is 0.251 e. The second-order valence-electron chi connectivity index (χ2n) is 7.95. The van der Waals surface area contributed by atoms with Gasteiger partial charge in [0.05, 0.1) is 11.8 Å². The van der Waals surface area contributed by atoms with E-state index in [1.807, 2.05) is 68.7 Å². The molecule has 2 aromatic carbocycles. The fourth-order valence-electron chi connectivity index (χ4n) is 3.33. The van der Waals surface area contributed by atoms with Crippen LogP contribution >= 0.6 is 27.7 Å². The van der Waals surface area contributed by atoms with Crippen LogP contribution in [0.4, 0.5) is 5.69 Å². The number of nitrogens with one attached hydrogen (secondary N) is 2. The van der Waals surface area contributed by atoms with Gasteiger partial charge in [-0.25, -0.2) is 0 Å². The summed E-state index contributed by atoms with van der Waals surface area (Å²) in [5.74, 6) is 0.720. The van der Waals surface area contributed by atoms with Crippen LogP contribution in [0.3, 0.4) is 0 Å². The third-order valence-electron chi connectivity index (χ3n) is 5.10. The van der Waals surface area contributed by atoms with E-state index in [0.29, 0.717) is 23.1 Å². The second kappa shape index (κ2) is 11.5. The standard InChI is InChI=1S/C24H28BrN5O2S/c1-5-30-22(21(15(2)3)27-23(32)17-9-7-6-8-10-17)28-29-24(30)33-14-20(31)26-18-11-12-19(25)16(4)13-18/h6-13,15,21H,5,14H2,1-4H3,(H,26,31)(H,27,32)/t21-/m1/s1. The number of hydrogen-bond acceptors (Lipinski definition) is 5. The number of carbonyl (C=O) groups is 2. The highest BCUT2D eigenvalue weighted by molar-refractivity contribution is 9.10. The van der Waals surface area contributed by atoms with Gasteiger partial charge in [0.2, 0.25) is 5.91 Å². The zero-order valence-corrected chi connectivity index (χ0v) is 21.5. The van der Waals surface area contributed by atoms with Crippen molar-refractivity contribution in [1.29, 1.82) is 0 Å². The number of aryl methyl sites for hydroxylation is 1. The Bertz CT molecular complexity index is 1120. The summed E-state index contributed by atoms with van der Waals surface area (Å²) in [5.41, 5.74) is 2.40. The summed E-state index contributed by atoms with van der Waals surface area (Å²) >= 11 is 4.79. The van der Waals surface area contributed by atoms with Crippen LogP contribution in [-0.4, -0.2) is 32.3 Å². The number of nitrogens with zero attached hydrogens (tertiary/aromatic N) is 3. The highest BCUT2D eigenvalue weighted by Crippen LogP contribution is 2.26. The first-order valence-corrected chi connectivity index (χ1v) is 12.6. The zero-order chi connectivity index (χ0) is 24.0. The normalized spacial score (nSPS) is 11.9. The molecule has 0 bridgehead atoms. The van der Waals surface area contributed by atoms with Crippen LogP contribution in [0.25, 0.3) is 0 Å². The summed E-state index contributed by atoms with van der Waals surface area (Å²) in [5, 5.41) is 15.3. The van der Waals surface area contributed by atoms with E-state index in [0.717, 1.165) is 15.7 Å². The van der Waals surface area contributed by atoms with E-state index < -0.39 is 0 Å². The van der Waals surface area contributed by atoms with Crippen LogP contribution in [0.15, 0.2) is 58.2 Å². The number of halogens is 1. The van der Waals surface area contributed by atoms with Gasteiger partial charge in [0.15, 0.2) is 11.0 Å². The molecule has 2 amide bonds. The quantitative estimate of drug-likeness (QED) is 0.370. The number of aromatic nitrogens is 3. The molecule has 0 fully saturated rings. The molecule has 2 N–H and O–H groups in total. The number of anilines is 1. The molecule has 0 spiro atoms. The summed E-state index contributed by atoms with van der Waals surface area (Å²) in [4.78, 5) is 25.2. The minimum atomic E-state index is -0.306. The largest absolute Gasteiger partial charge is 0.342 e. The lowest BCUT2D eigenvalue weighted by atomic mass is 10.0. The number of benzene rings is 2. The Morgan fingerprint density at radius 1 is 1.12 bits per heavy atom. The maximum absolute atomic E-state index is 12.7. The molecule has 0 unspecified atom stereocenters. The van der Waals surface area contributed by atoms with Gasteiger partial charge in [0, 0.05) is 22.3 Å². The summed E-state index contributed by atoms with van der Waals surface area (Å²) in [6.07, 6.45) is 0. The van der Waals surface area contributed by atoms with Gasteiger partial charge >= 0.3 is 0 Å². The van der Waals surface area contributed by atoms with Gasteiger partial charge in [0.25, 0.3) is 5.91 Å². The topological polar surface area (TPSA) is 88.9 Å². The van der Waals surface area contributed by atoms with Gasteiger partial charge in [-0.1, -0.05) is 59.7 Å². The molecule has 3 aromatic rings. The first-order valence-electron chi connectivity index (χ1n) is 10.8. The Balaban J connectivity index is 1.70. The predicted octanol–water partition coefficient (Wildman–Crippen LogP) is 5.23. The number of amides is 2. The van der Waals surface area contributed by atoms with Crippen LogP contribution < -0.4 is 10.6 Å². The summed E-state index contributed by atoms with van der Waals surface area (Å²) in [6, 6.07) is 14.5. The van der Waals surface area contributed by atoms with Crippen LogP contribution in [0, 0.1) is 12.8 Å². The summed E-state index contributed by atoms with van der Waals surface area (Å²) in [6.45, 7) is 8.66. The molecule has 174 valence electrons. The van der Waals surface area contributed by atoms with Gasteiger partial charge in [0.1, 0.15) is 0 Å². The Morgan fingerprint density at radius 2 is 1.85 bits per heavy atom. The average molecular weight is 530 g/mol. The molecule has 1 aromatic heterocycles. The highest BCUT2D eigenvalue weighted by Gasteiger charge is 2.26.